The van der Waals surface area contributed by atoms with E-state index in [-0.39, 0.29) is 29.3 Å². The first kappa shape index (κ1) is 17.5. The van der Waals surface area contributed by atoms with Crippen molar-refractivity contribution in [3.63, 3.8) is 0 Å². The average Bonchev–Trinajstić information content (AvgIpc) is 3.29. The number of aryl methyl sites for hydroxylation is 1. The lowest BCUT2D eigenvalue weighted by molar-refractivity contribution is 0.0927. The summed E-state index contributed by atoms with van der Waals surface area (Å²) in [5.41, 5.74) is 2.58. The zero-order valence-corrected chi connectivity index (χ0v) is 15.0. The molecule has 0 saturated heterocycles. The molecule has 1 atom stereocenters. The maximum Gasteiger partial charge on any atom is 0.273 e. The monoisotopic (exact) mass is 386 g/mol. The fraction of sp³-hybridized carbons (Fsp3) is 0.200. The highest BCUT2D eigenvalue weighted by atomic mass is 35.5. The fourth-order valence-corrected chi connectivity index (χ4v) is 3.39. The molecular weight excluding hydrogens is 371 g/mol. The molecule has 0 bridgehead atoms. The Labute approximate surface area is 160 Å². The van der Waals surface area contributed by atoms with Crippen LogP contribution in [0.3, 0.4) is 0 Å². The first-order chi connectivity index (χ1) is 13.1. The highest BCUT2D eigenvalue weighted by Crippen LogP contribution is 2.31. The van der Waals surface area contributed by atoms with E-state index in [9.17, 15) is 9.18 Å². The van der Waals surface area contributed by atoms with Crippen LogP contribution in [0.5, 0.6) is 5.75 Å². The van der Waals surface area contributed by atoms with Crippen molar-refractivity contribution in [2.45, 2.75) is 25.5 Å². The molecular formula is C20H16ClFN2O3. The van der Waals surface area contributed by atoms with E-state index in [0.717, 1.165) is 24.5 Å². The third-order valence-corrected chi connectivity index (χ3v) is 4.79. The van der Waals surface area contributed by atoms with Crippen LogP contribution in [0.4, 0.5) is 4.39 Å². The Balaban J connectivity index is 1.38. The number of nitrogens with one attached hydrogen (secondary N) is 1. The predicted molar refractivity (Wildman–Crippen MR) is 97.2 cm³/mol. The summed E-state index contributed by atoms with van der Waals surface area (Å²) in [6.07, 6.45) is 1.80. The van der Waals surface area contributed by atoms with Gasteiger partial charge in [-0.05, 0) is 42.2 Å². The number of rotatable bonds is 5. The summed E-state index contributed by atoms with van der Waals surface area (Å²) in [6, 6.07) is 13.4. The average molecular weight is 387 g/mol. The molecule has 138 valence electrons. The van der Waals surface area contributed by atoms with E-state index in [1.165, 1.54) is 23.8 Å². The second-order valence-corrected chi connectivity index (χ2v) is 6.71. The van der Waals surface area contributed by atoms with Crippen LogP contribution in [0, 0.1) is 5.82 Å². The van der Waals surface area contributed by atoms with Crippen molar-refractivity contribution in [1.29, 1.82) is 0 Å². The molecule has 1 heterocycles. The van der Waals surface area contributed by atoms with E-state index in [0.29, 0.717) is 11.5 Å². The van der Waals surface area contributed by atoms with E-state index < -0.39 is 5.82 Å². The van der Waals surface area contributed by atoms with Crippen LogP contribution < -0.4 is 10.1 Å². The molecule has 1 amide bonds. The zero-order chi connectivity index (χ0) is 18.8. The minimum atomic E-state index is -0.445. The first-order valence-electron chi connectivity index (χ1n) is 8.52. The van der Waals surface area contributed by atoms with Gasteiger partial charge in [-0.2, -0.15) is 0 Å². The van der Waals surface area contributed by atoms with Gasteiger partial charge in [-0.25, -0.2) is 4.39 Å². The Morgan fingerprint density at radius 1 is 1.30 bits per heavy atom. The van der Waals surface area contributed by atoms with Crippen LogP contribution >= 0.6 is 11.6 Å². The third kappa shape index (κ3) is 3.80. The number of ether oxygens (including phenoxy) is 1. The van der Waals surface area contributed by atoms with Gasteiger partial charge < -0.3 is 14.6 Å². The third-order valence-electron chi connectivity index (χ3n) is 4.49. The topological polar surface area (TPSA) is 64.4 Å². The number of carbonyl (C=O) groups excluding carboxylic acids is 1. The smallest absolute Gasteiger partial charge is 0.273 e. The van der Waals surface area contributed by atoms with Crippen molar-refractivity contribution >= 4 is 17.5 Å². The number of hydrogen-bond acceptors (Lipinski definition) is 4. The molecule has 0 radical (unpaired) electrons. The van der Waals surface area contributed by atoms with Crippen LogP contribution in [-0.4, -0.2) is 11.1 Å². The van der Waals surface area contributed by atoms with E-state index in [1.807, 2.05) is 18.2 Å². The summed E-state index contributed by atoms with van der Waals surface area (Å²) in [7, 11) is 0. The van der Waals surface area contributed by atoms with Crippen molar-refractivity contribution in [2.24, 2.45) is 0 Å². The highest BCUT2D eigenvalue weighted by Gasteiger charge is 2.25. The first-order valence-corrected chi connectivity index (χ1v) is 8.90. The summed E-state index contributed by atoms with van der Waals surface area (Å²) in [6.45, 7) is 0.0257. The lowest BCUT2D eigenvalue weighted by Crippen LogP contribution is -2.27. The molecule has 1 aliphatic rings. The molecule has 27 heavy (non-hydrogen) atoms. The van der Waals surface area contributed by atoms with Gasteiger partial charge in [0.2, 0.25) is 0 Å². The van der Waals surface area contributed by atoms with Gasteiger partial charge in [0.25, 0.3) is 5.91 Å². The molecule has 1 unspecified atom stereocenters. The standard InChI is InChI=1S/C20H16ClFN2O3/c21-16-9-13(22)6-8-19(16)26-11-14-10-18(24-27-14)20(25)23-17-7-5-12-3-1-2-4-15(12)17/h1-4,6,8-10,17H,5,7,11H2,(H,23,25). The number of halogens is 2. The maximum absolute atomic E-state index is 13.0. The highest BCUT2D eigenvalue weighted by molar-refractivity contribution is 6.32. The van der Waals surface area contributed by atoms with Gasteiger partial charge in [0.15, 0.2) is 11.5 Å². The SMILES string of the molecule is O=C(NC1CCc2ccccc21)c1cc(COc2ccc(F)cc2Cl)on1. The van der Waals surface area contributed by atoms with Crippen molar-refractivity contribution in [3.05, 3.63) is 82.0 Å². The van der Waals surface area contributed by atoms with E-state index in [1.54, 1.807) is 0 Å². The molecule has 1 aromatic heterocycles. The van der Waals surface area contributed by atoms with Crippen molar-refractivity contribution < 1.29 is 18.4 Å². The molecule has 1 aliphatic carbocycles. The van der Waals surface area contributed by atoms with Crippen molar-refractivity contribution in [1.82, 2.24) is 10.5 Å². The van der Waals surface area contributed by atoms with Gasteiger partial charge in [0.1, 0.15) is 18.2 Å². The number of aromatic nitrogens is 1. The van der Waals surface area contributed by atoms with Gasteiger partial charge >= 0.3 is 0 Å². The quantitative estimate of drug-likeness (QED) is 0.703. The van der Waals surface area contributed by atoms with Crippen LogP contribution in [0.1, 0.15) is 39.8 Å². The number of fused-ring (bicyclic) bond motifs is 1. The number of amides is 1. The molecule has 5 nitrogen and oxygen atoms in total. The van der Waals surface area contributed by atoms with Gasteiger partial charge in [-0.3, -0.25) is 4.79 Å². The minimum absolute atomic E-state index is 0.0249. The van der Waals surface area contributed by atoms with Crippen LogP contribution in [0.15, 0.2) is 53.1 Å². The fourth-order valence-electron chi connectivity index (χ4n) is 3.17. The van der Waals surface area contributed by atoms with Crippen LogP contribution in [0.25, 0.3) is 0 Å². The number of benzene rings is 2. The van der Waals surface area contributed by atoms with Gasteiger partial charge in [-0.15, -0.1) is 0 Å². The van der Waals surface area contributed by atoms with Gasteiger partial charge in [0.05, 0.1) is 11.1 Å². The summed E-state index contributed by atoms with van der Waals surface area (Å²) < 4.78 is 23.7. The van der Waals surface area contributed by atoms with E-state index in [4.69, 9.17) is 20.9 Å². The van der Waals surface area contributed by atoms with Crippen LogP contribution in [0.2, 0.25) is 5.02 Å². The molecule has 0 fully saturated rings. The Kier molecular flexibility index (Phi) is 4.81. The Morgan fingerprint density at radius 2 is 2.15 bits per heavy atom. The Bertz CT molecular complexity index is 989. The van der Waals surface area contributed by atoms with Crippen molar-refractivity contribution in [3.8, 4) is 5.75 Å². The predicted octanol–water partition coefficient (Wildman–Crippen LogP) is 4.46. The molecule has 0 saturated carbocycles. The minimum Gasteiger partial charge on any atom is -0.484 e. The van der Waals surface area contributed by atoms with E-state index >= 15 is 0 Å². The summed E-state index contributed by atoms with van der Waals surface area (Å²) in [5.74, 6) is -0.0543. The molecule has 1 N–H and O–H groups in total. The zero-order valence-electron chi connectivity index (χ0n) is 14.2. The molecule has 0 aliphatic heterocycles. The molecule has 3 aromatic rings. The summed E-state index contributed by atoms with van der Waals surface area (Å²) >= 11 is 5.91. The van der Waals surface area contributed by atoms with Gasteiger partial charge in [0, 0.05) is 6.07 Å². The normalized spacial score (nSPS) is 15.4. The summed E-state index contributed by atoms with van der Waals surface area (Å²) in [4.78, 5) is 12.5. The lowest BCUT2D eigenvalue weighted by Gasteiger charge is -2.12. The lowest BCUT2D eigenvalue weighted by atomic mass is 10.1. The van der Waals surface area contributed by atoms with E-state index in [2.05, 4.69) is 16.5 Å². The largest absolute Gasteiger partial charge is 0.484 e. The number of nitrogens with zero attached hydrogens (tertiary/aromatic N) is 1. The van der Waals surface area contributed by atoms with Crippen molar-refractivity contribution in [2.75, 3.05) is 0 Å². The Hall–Kier alpha value is -2.86. The second-order valence-electron chi connectivity index (χ2n) is 6.31. The maximum atomic E-state index is 13.0. The molecule has 4 rings (SSSR count). The second kappa shape index (κ2) is 7.40. The Morgan fingerprint density at radius 3 is 3.00 bits per heavy atom. The molecule has 0 spiro atoms. The molecule has 7 heteroatoms. The van der Waals surface area contributed by atoms with Crippen LogP contribution in [-0.2, 0) is 13.0 Å². The molecule has 2 aromatic carbocycles. The number of carbonyl (C=O) groups is 1. The number of hydrogen-bond donors (Lipinski definition) is 1. The van der Waals surface area contributed by atoms with Gasteiger partial charge in [-0.1, -0.05) is 41.0 Å². The summed E-state index contributed by atoms with van der Waals surface area (Å²) in [5, 5.41) is 6.95.